The predicted molar refractivity (Wildman–Crippen MR) is 101 cm³/mol. The molecule has 0 heterocycles. The molecule has 0 fully saturated rings. The number of esters is 1. The van der Waals surface area contributed by atoms with Gasteiger partial charge in [0.2, 0.25) is 0 Å². The normalized spacial score (nSPS) is 19.8. The average Bonchev–Trinajstić information content (AvgIpc) is 2.65. The molecule has 1 aromatic carbocycles. The number of carbonyl (C=O) groups is 1. The Morgan fingerprint density at radius 1 is 1.00 bits per heavy atom. The second-order valence-corrected chi connectivity index (χ2v) is 6.49. The number of rotatable bonds is 6. The van der Waals surface area contributed by atoms with Crippen molar-refractivity contribution in [3.8, 4) is 17.2 Å². The Morgan fingerprint density at radius 2 is 1.62 bits per heavy atom. The molecule has 0 saturated carbocycles. The summed E-state index contributed by atoms with van der Waals surface area (Å²) in [7, 11) is 6.34. The van der Waals surface area contributed by atoms with Crippen molar-refractivity contribution in [1.29, 1.82) is 0 Å². The fourth-order valence-corrected chi connectivity index (χ4v) is 3.67. The van der Waals surface area contributed by atoms with Gasteiger partial charge in [0.05, 0.1) is 28.4 Å². The summed E-state index contributed by atoms with van der Waals surface area (Å²) in [4.78, 5) is 11.5. The molecule has 2 rings (SSSR count). The zero-order valence-corrected chi connectivity index (χ0v) is 16.6. The molecule has 0 saturated heterocycles. The minimum atomic E-state index is -0.360. The van der Waals surface area contributed by atoms with Gasteiger partial charge in [0, 0.05) is 34.6 Å². The number of ether oxygens (including phenoxy) is 4. The standard InChI is InChI=1S/C21H28O5/c1-12(9-11-16(22)23-4)15-10-8-13(2)17-18(15)19(24-5)14(3)20(25-6)21(17)26-7/h8-13,15H,1-7H3/b11-9+/t12-,13-,15+/m0/s1. The Labute approximate surface area is 155 Å². The topological polar surface area (TPSA) is 54.0 Å². The van der Waals surface area contributed by atoms with Gasteiger partial charge >= 0.3 is 5.97 Å². The van der Waals surface area contributed by atoms with E-state index in [-0.39, 0.29) is 23.7 Å². The number of carbonyl (C=O) groups excluding carboxylic acids is 1. The SMILES string of the molecule is COC(=O)/C=C/[C@H](C)[C@H]1C=C[C@H](C)c2c(OC)c(OC)c(C)c(OC)c21. The van der Waals surface area contributed by atoms with Gasteiger partial charge in [-0.05, 0) is 12.8 Å². The Morgan fingerprint density at radius 3 is 2.15 bits per heavy atom. The predicted octanol–water partition coefficient (Wildman–Crippen LogP) is 4.14. The molecule has 142 valence electrons. The van der Waals surface area contributed by atoms with Crippen LogP contribution >= 0.6 is 0 Å². The van der Waals surface area contributed by atoms with E-state index in [1.807, 2.05) is 13.0 Å². The minimum absolute atomic E-state index is 0.0514. The first-order valence-corrected chi connectivity index (χ1v) is 8.67. The van der Waals surface area contributed by atoms with Gasteiger partial charge in [-0.3, -0.25) is 0 Å². The zero-order valence-electron chi connectivity index (χ0n) is 16.6. The van der Waals surface area contributed by atoms with Gasteiger partial charge in [0.15, 0.2) is 11.5 Å². The minimum Gasteiger partial charge on any atom is -0.496 e. The lowest BCUT2D eigenvalue weighted by Crippen LogP contribution is -2.17. The van der Waals surface area contributed by atoms with Crippen LogP contribution in [0.15, 0.2) is 24.3 Å². The largest absolute Gasteiger partial charge is 0.496 e. The highest BCUT2D eigenvalue weighted by Crippen LogP contribution is 2.53. The van der Waals surface area contributed by atoms with Crippen LogP contribution in [0.25, 0.3) is 0 Å². The van der Waals surface area contributed by atoms with Gasteiger partial charge in [-0.2, -0.15) is 0 Å². The van der Waals surface area contributed by atoms with Crippen LogP contribution in [0, 0.1) is 12.8 Å². The number of methoxy groups -OCH3 is 4. The molecule has 0 radical (unpaired) electrons. The third-order valence-electron chi connectivity index (χ3n) is 4.98. The Bertz CT molecular complexity index is 733. The van der Waals surface area contributed by atoms with Crippen molar-refractivity contribution in [2.75, 3.05) is 28.4 Å². The smallest absolute Gasteiger partial charge is 0.330 e. The molecule has 0 spiro atoms. The van der Waals surface area contributed by atoms with Crippen LogP contribution in [-0.4, -0.2) is 34.4 Å². The lowest BCUT2D eigenvalue weighted by Gasteiger charge is -2.32. The maximum atomic E-state index is 11.5. The number of hydrogen-bond acceptors (Lipinski definition) is 5. The van der Waals surface area contributed by atoms with E-state index in [1.165, 1.54) is 13.2 Å². The number of allylic oxidation sites excluding steroid dienone is 3. The summed E-state index contributed by atoms with van der Waals surface area (Å²) in [5, 5.41) is 0. The molecular weight excluding hydrogens is 332 g/mol. The van der Waals surface area contributed by atoms with Crippen molar-refractivity contribution in [2.24, 2.45) is 5.92 Å². The van der Waals surface area contributed by atoms with E-state index in [4.69, 9.17) is 18.9 Å². The van der Waals surface area contributed by atoms with Crippen LogP contribution in [0.3, 0.4) is 0 Å². The van der Waals surface area contributed by atoms with E-state index in [1.54, 1.807) is 21.3 Å². The highest BCUT2D eigenvalue weighted by atomic mass is 16.5. The summed E-state index contributed by atoms with van der Waals surface area (Å²) in [5.74, 6) is 2.17. The van der Waals surface area contributed by atoms with Gasteiger partial charge in [0.1, 0.15) is 5.75 Å². The maximum Gasteiger partial charge on any atom is 0.330 e. The van der Waals surface area contributed by atoms with E-state index in [9.17, 15) is 4.79 Å². The third-order valence-corrected chi connectivity index (χ3v) is 4.98. The van der Waals surface area contributed by atoms with E-state index in [0.29, 0.717) is 5.75 Å². The van der Waals surface area contributed by atoms with Crippen molar-refractivity contribution >= 4 is 5.97 Å². The molecule has 5 heteroatoms. The van der Waals surface area contributed by atoms with E-state index >= 15 is 0 Å². The molecule has 0 aliphatic heterocycles. The summed E-state index contributed by atoms with van der Waals surface area (Å²) in [5.41, 5.74) is 3.06. The van der Waals surface area contributed by atoms with Gasteiger partial charge in [-0.1, -0.05) is 32.1 Å². The van der Waals surface area contributed by atoms with Crippen LogP contribution in [0.5, 0.6) is 17.2 Å². The molecule has 0 aromatic heterocycles. The van der Waals surface area contributed by atoms with Crippen LogP contribution < -0.4 is 14.2 Å². The zero-order chi connectivity index (χ0) is 19.4. The molecule has 0 unspecified atom stereocenters. The van der Waals surface area contributed by atoms with Crippen molar-refractivity contribution in [3.63, 3.8) is 0 Å². The summed E-state index contributed by atoms with van der Waals surface area (Å²) in [6, 6.07) is 0. The quantitative estimate of drug-likeness (QED) is 0.433. The number of hydrogen-bond donors (Lipinski definition) is 0. The van der Waals surface area contributed by atoms with Gasteiger partial charge in [-0.15, -0.1) is 0 Å². The first kappa shape index (κ1) is 19.9. The molecule has 3 atom stereocenters. The highest BCUT2D eigenvalue weighted by molar-refractivity contribution is 5.81. The van der Waals surface area contributed by atoms with Crippen LogP contribution in [-0.2, 0) is 9.53 Å². The van der Waals surface area contributed by atoms with Crippen molar-refractivity contribution in [1.82, 2.24) is 0 Å². The Kier molecular flexibility index (Phi) is 6.35. The fourth-order valence-electron chi connectivity index (χ4n) is 3.67. The summed E-state index contributed by atoms with van der Waals surface area (Å²) in [6.07, 6.45) is 7.67. The second kappa shape index (κ2) is 8.30. The molecule has 1 aliphatic rings. The van der Waals surface area contributed by atoms with Crippen molar-refractivity contribution < 1.29 is 23.7 Å². The first-order valence-electron chi connectivity index (χ1n) is 8.67. The summed E-state index contributed by atoms with van der Waals surface area (Å²) < 4.78 is 21.8. The average molecular weight is 360 g/mol. The van der Waals surface area contributed by atoms with Crippen molar-refractivity contribution in [3.05, 3.63) is 41.0 Å². The van der Waals surface area contributed by atoms with Gasteiger partial charge < -0.3 is 18.9 Å². The molecule has 1 aromatic rings. The fraction of sp³-hybridized carbons (Fsp3) is 0.476. The summed E-state index contributed by atoms with van der Waals surface area (Å²) >= 11 is 0. The van der Waals surface area contributed by atoms with E-state index in [2.05, 4.69) is 26.0 Å². The lowest BCUT2D eigenvalue weighted by atomic mass is 9.75. The highest BCUT2D eigenvalue weighted by Gasteiger charge is 2.34. The Hall–Kier alpha value is -2.43. The second-order valence-electron chi connectivity index (χ2n) is 6.49. The first-order chi connectivity index (χ1) is 12.4. The molecule has 26 heavy (non-hydrogen) atoms. The van der Waals surface area contributed by atoms with E-state index in [0.717, 1.165) is 28.2 Å². The van der Waals surface area contributed by atoms with Gasteiger partial charge in [0.25, 0.3) is 0 Å². The molecule has 5 nitrogen and oxygen atoms in total. The van der Waals surface area contributed by atoms with Crippen LogP contribution in [0.1, 0.15) is 42.4 Å². The van der Waals surface area contributed by atoms with Crippen LogP contribution in [0.2, 0.25) is 0 Å². The lowest BCUT2D eigenvalue weighted by molar-refractivity contribution is -0.134. The maximum absolute atomic E-state index is 11.5. The van der Waals surface area contributed by atoms with Crippen molar-refractivity contribution in [2.45, 2.75) is 32.6 Å². The monoisotopic (exact) mass is 360 g/mol. The third kappa shape index (κ3) is 3.43. The molecule has 0 bridgehead atoms. The molecule has 0 amide bonds. The van der Waals surface area contributed by atoms with Crippen LogP contribution in [0.4, 0.5) is 0 Å². The van der Waals surface area contributed by atoms with E-state index < -0.39 is 0 Å². The molecular formula is C21H28O5. The summed E-state index contributed by atoms with van der Waals surface area (Å²) in [6.45, 7) is 6.16. The number of fused-ring (bicyclic) bond motifs is 1. The molecule has 1 aliphatic carbocycles. The molecule has 0 N–H and O–H groups in total. The number of benzene rings is 1. The Balaban J connectivity index is 2.67. The van der Waals surface area contributed by atoms with Gasteiger partial charge in [-0.25, -0.2) is 4.79 Å².